The minimum Gasteiger partial charge on any atom is -0.493 e. The molecular weight excluding hydrogens is 356 g/mol. The monoisotopic (exact) mass is 384 g/mol. The Morgan fingerprint density at radius 3 is 2.71 bits per heavy atom. The number of aryl methyl sites for hydroxylation is 1. The molecule has 1 aliphatic heterocycles. The van der Waals surface area contributed by atoms with E-state index in [2.05, 4.69) is 10.6 Å². The van der Waals surface area contributed by atoms with Crippen molar-refractivity contribution in [1.82, 2.24) is 5.32 Å². The van der Waals surface area contributed by atoms with Crippen molar-refractivity contribution in [2.45, 2.75) is 32.4 Å². The highest BCUT2D eigenvalue weighted by Gasteiger charge is 2.15. The van der Waals surface area contributed by atoms with E-state index < -0.39 is 0 Å². The Labute approximate surface area is 166 Å². The zero-order chi connectivity index (χ0) is 19.8. The van der Waals surface area contributed by atoms with Crippen LogP contribution < -0.4 is 20.1 Å². The van der Waals surface area contributed by atoms with E-state index in [1.54, 1.807) is 7.11 Å². The Hall–Kier alpha value is -2.57. The number of ether oxygens (including phenoxy) is 3. The van der Waals surface area contributed by atoms with Gasteiger partial charge in [0.1, 0.15) is 0 Å². The molecule has 2 N–H and O–H groups in total. The Balaban J connectivity index is 1.48. The highest BCUT2D eigenvalue weighted by atomic mass is 16.5. The highest BCUT2D eigenvalue weighted by Crippen LogP contribution is 2.28. The van der Waals surface area contributed by atoms with Crippen LogP contribution in [0, 0.1) is 6.92 Å². The van der Waals surface area contributed by atoms with Crippen molar-refractivity contribution in [3.8, 4) is 11.5 Å². The third kappa shape index (κ3) is 5.97. The predicted octanol–water partition coefficient (Wildman–Crippen LogP) is 3.29. The topological polar surface area (TPSA) is 68.8 Å². The number of hydrogen-bond donors (Lipinski definition) is 2. The minimum atomic E-state index is -0.215. The second kappa shape index (κ2) is 10.1. The van der Waals surface area contributed by atoms with E-state index in [0.717, 1.165) is 49.4 Å². The number of rotatable bonds is 9. The van der Waals surface area contributed by atoms with Gasteiger partial charge in [-0.25, -0.2) is 0 Å². The lowest BCUT2D eigenvalue weighted by Gasteiger charge is -2.14. The lowest BCUT2D eigenvalue weighted by molar-refractivity contribution is -0.118. The molecule has 0 spiro atoms. The SMILES string of the molecule is COc1cc(CNCC2CCCO2)ccc1OCC(=O)Nc1ccc(C)cc1. The highest BCUT2D eigenvalue weighted by molar-refractivity contribution is 5.91. The molecule has 0 bridgehead atoms. The van der Waals surface area contributed by atoms with E-state index in [-0.39, 0.29) is 12.5 Å². The van der Waals surface area contributed by atoms with Gasteiger partial charge in [-0.2, -0.15) is 0 Å². The van der Waals surface area contributed by atoms with E-state index in [1.165, 1.54) is 0 Å². The maximum absolute atomic E-state index is 12.1. The first kappa shape index (κ1) is 20.2. The molecule has 0 aliphatic carbocycles. The zero-order valence-corrected chi connectivity index (χ0v) is 16.5. The molecule has 1 fully saturated rings. The Kier molecular flexibility index (Phi) is 7.28. The summed E-state index contributed by atoms with van der Waals surface area (Å²) in [7, 11) is 1.60. The molecule has 3 rings (SSSR count). The smallest absolute Gasteiger partial charge is 0.262 e. The first-order valence-corrected chi connectivity index (χ1v) is 9.62. The summed E-state index contributed by atoms with van der Waals surface area (Å²) in [5.41, 5.74) is 2.98. The van der Waals surface area contributed by atoms with E-state index >= 15 is 0 Å². The van der Waals surface area contributed by atoms with Crippen molar-refractivity contribution in [3.63, 3.8) is 0 Å². The van der Waals surface area contributed by atoms with Gasteiger partial charge in [-0.15, -0.1) is 0 Å². The molecule has 6 heteroatoms. The standard InChI is InChI=1S/C22H28N2O4/c1-16-5-8-18(9-6-16)24-22(25)15-28-20-10-7-17(12-21(20)26-2)13-23-14-19-4-3-11-27-19/h5-10,12,19,23H,3-4,11,13-15H2,1-2H3,(H,24,25). The van der Waals surface area contributed by atoms with Gasteiger partial charge in [0.2, 0.25) is 0 Å². The van der Waals surface area contributed by atoms with Gasteiger partial charge in [-0.05, 0) is 49.6 Å². The van der Waals surface area contributed by atoms with Gasteiger partial charge in [0, 0.05) is 25.4 Å². The molecule has 6 nitrogen and oxygen atoms in total. The van der Waals surface area contributed by atoms with Crippen LogP contribution in [0.5, 0.6) is 11.5 Å². The second-order valence-electron chi connectivity index (χ2n) is 6.95. The fourth-order valence-corrected chi connectivity index (χ4v) is 3.10. The summed E-state index contributed by atoms with van der Waals surface area (Å²) in [6, 6.07) is 13.4. The van der Waals surface area contributed by atoms with Crippen molar-refractivity contribution >= 4 is 11.6 Å². The lowest BCUT2D eigenvalue weighted by Crippen LogP contribution is -2.25. The van der Waals surface area contributed by atoms with Gasteiger partial charge in [0.25, 0.3) is 5.91 Å². The van der Waals surface area contributed by atoms with E-state index in [9.17, 15) is 4.79 Å². The molecule has 1 saturated heterocycles. The number of methoxy groups -OCH3 is 1. The van der Waals surface area contributed by atoms with Crippen LogP contribution in [0.2, 0.25) is 0 Å². The lowest BCUT2D eigenvalue weighted by atomic mass is 10.2. The molecule has 1 atom stereocenters. The number of hydrogen-bond acceptors (Lipinski definition) is 5. The van der Waals surface area contributed by atoms with Crippen LogP contribution in [0.25, 0.3) is 0 Å². The number of benzene rings is 2. The fourth-order valence-electron chi connectivity index (χ4n) is 3.10. The first-order valence-electron chi connectivity index (χ1n) is 9.62. The molecule has 150 valence electrons. The average Bonchev–Trinajstić information content (AvgIpc) is 3.22. The third-order valence-electron chi connectivity index (χ3n) is 4.65. The fraction of sp³-hybridized carbons (Fsp3) is 0.409. The van der Waals surface area contributed by atoms with Crippen molar-refractivity contribution < 1.29 is 19.0 Å². The molecule has 1 heterocycles. The summed E-state index contributed by atoms with van der Waals surface area (Å²) in [6.45, 7) is 4.36. The Bertz CT molecular complexity index is 771. The number of carbonyl (C=O) groups excluding carboxylic acids is 1. The van der Waals surface area contributed by atoms with Crippen LogP contribution in [-0.2, 0) is 16.1 Å². The van der Waals surface area contributed by atoms with Gasteiger partial charge >= 0.3 is 0 Å². The van der Waals surface area contributed by atoms with Crippen LogP contribution in [0.4, 0.5) is 5.69 Å². The Morgan fingerprint density at radius 1 is 1.18 bits per heavy atom. The zero-order valence-electron chi connectivity index (χ0n) is 16.5. The molecule has 1 aliphatic rings. The predicted molar refractivity (Wildman–Crippen MR) is 109 cm³/mol. The van der Waals surface area contributed by atoms with Gasteiger partial charge in [-0.3, -0.25) is 4.79 Å². The molecule has 0 radical (unpaired) electrons. The maximum atomic E-state index is 12.1. The van der Waals surface area contributed by atoms with E-state index in [0.29, 0.717) is 17.6 Å². The number of carbonyl (C=O) groups is 1. The van der Waals surface area contributed by atoms with Crippen LogP contribution >= 0.6 is 0 Å². The van der Waals surface area contributed by atoms with Crippen LogP contribution in [0.3, 0.4) is 0 Å². The normalized spacial score (nSPS) is 16.0. The van der Waals surface area contributed by atoms with E-state index in [4.69, 9.17) is 14.2 Å². The van der Waals surface area contributed by atoms with Gasteiger partial charge in [-0.1, -0.05) is 23.8 Å². The van der Waals surface area contributed by atoms with Crippen LogP contribution in [0.1, 0.15) is 24.0 Å². The first-order chi connectivity index (χ1) is 13.6. The summed E-state index contributed by atoms with van der Waals surface area (Å²) in [5, 5.41) is 6.23. The van der Waals surface area contributed by atoms with E-state index in [1.807, 2.05) is 49.4 Å². The van der Waals surface area contributed by atoms with Crippen LogP contribution in [-0.4, -0.2) is 38.9 Å². The quantitative estimate of drug-likeness (QED) is 0.694. The van der Waals surface area contributed by atoms with Crippen molar-refractivity contribution in [1.29, 1.82) is 0 Å². The number of nitrogens with one attached hydrogen (secondary N) is 2. The molecule has 1 amide bonds. The van der Waals surface area contributed by atoms with Crippen molar-refractivity contribution in [3.05, 3.63) is 53.6 Å². The summed E-state index contributed by atoms with van der Waals surface area (Å²) in [6.07, 6.45) is 2.58. The largest absolute Gasteiger partial charge is 0.493 e. The maximum Gasteiger partial charge on any atom is 0.262 e. The summed E-state index contributed by atoms with van der Waals surface area (Å²) >= 11 is 0. The number of anilines is 1. The van der Waals surface area contributed by atoms with Crippen molar-refractivity contribution in [2.24, 2.45) is 0 Å². The van der Waals surface area contributed by atoms with Gasteiger partial charge in [0.05, 0.1) is 13.2 Å². The molecule has 1 unspecified atom stereocenters. The summed E-state index contributed by atoms with van der Waals surface area (Å²) in [4.78, 5) is 12.1. The molecular formula is C22H28N2O4. The molecule has 2 aromatic rings. The molecule has 2 aromatic carbocycles. The summed E-state index contributed by atoms with van der Waals surface area (Å²) in [5.74, 6) is 0.942. The van der Waals surface area contributed by atoms with Crippen molar-refractivity contribution in [2.75, 3.05) is 32.2 Å². The van der Waals surface area contributed by atoms with Crippen LogP contribution in [0.15, 0.2) is 42.5 Å². The molecule has 28 heavy (non-hydrogen) atoms. The van der Waals surface area contributed by atoms with Gasteiger partial charge in [0.15, 0.2) is 18.1 Å². The molecule has 0 saturated carbocycles. The summed E-state index contributed by atoms with van der Waals surface area (Å²) < 4.78 is 16.7. The average molecular weight is 384 g/mol. The number of amides is 1. The Morgan fingerprint density at radius 2 is 2.00 bits per heavy atom. The third-order valence-corrected chi connectivity index (χ3v) is 4.65. The van der Waals surface area contributed by atoms with Gasteiger partial charge < -0.3 is 24.8 Å². The molecule has 0 aromatic heterocycles. The second-order valence-corrected chi connectivity index (χ2v) is 6.95. The minimum absolute atomic E-state index is 0.0825.